The van der Waals surface area contributed by atoms with E-state index in [1.54, 1.807) is 40.0 Å². The fraction of sp³-hybridized carbons (Fsp3) is 0.706. The average Bonchev–Trinajstić information content (AvgIpc) is 3.28. The SMILES string of the molecule is CO[C@H]1C[C@@H]2CC[C@@H](C)[C@@](O)(O2)C(=O)C(=O)N2CCCC[C@H]2C(=O)O[C@H]([C@H](C)C[C@@H]2C=C[C@@H](O)[C@H](OC)C2)CC(=O)[C@H](C)/C=C(\C)[C@@H](O)[C@@H](OC)C(=O)[C@H](C)C[C@H](C)/C=C/C=C/C=C/1C. The number of amides is 1. The minimum absolute atomic E-state index is 0.0156. The van der Waals surface area contributed by atoms with Crippen LogP contribution in [0.2, 0.25) is 0 Å². The highest BCUT2D eigenvalue weighted by Gasteiger charge is 2.53. The Morgan fingerprint density at radius 1 is 0.846 bits per heavy atom. The van der Waals surface area contributed by atoms with Gasteiger partial charge in [0.05, 0.1) is 24.4 Å². The molecule has 3 aliphatic heterocycles. The summed E-state index contributed by atoms with van der Waals surface area (Å²) in [6.07, 6.45) is 12.9. The lowest BCUT2D eigenvalue weighted by Crippen LogP contribution is -2.61. The van der Waals surface area contributed by atoms with Gasteiger partial charge in [0.15, 0.2) is 5.78 Å². The summed E-state index contributed by atoms with van der Waals surface area (Å²) in [5, 5.41) is 33.7. The lowest BCUT2D eigenvalue weighted by Gasteiger charge is -2.42. The second kappa shape index (κ2) is 24.9. The number of allylic oxidation sites excluding steroid dienone is 7. The predicted molar refractivity (Wildman–Crippen MR) is 245 cm³/mol. The van der Waals surface area contributed by atoms with E-state index >= 15 is 0 Å². The minimum Gasteiger partial charge on any atom is -0.460 e. The average molecular weight is 912 g/mol. The van der Waals surface area contributed by atoms with Gasteiger partial charge >= 0.3 is 5.97 Å². The quantitative estimate of drug-likeness (QED) is 0.161. The van der Waals surface area contributed by atoms with Gasteiger partial charge in [-0.15, -0.1) is 0 Å². The van der Waals surface area contributed by atoms with E-state index in [9.17, 15) is 39.3 Å². The maximum atomic E-state index is 14.3. The summed E-state index contributed by atoms with van der Waals surface area (Å²) in [5.41, 5.74) is 1.25. The van der Waals surface area contributed by atoms with Crippen LogP contribution < -0.4 is 0 Å². The van der Waals surface area contributed by atoms with Crippen molar-refractivity contribution in [2.24, 2.45) is 35.5 Å². The van der Waals surface area contributed by atoms with Crippen molar-refractivity contribution in [3.63, 3.8) is 0 Å². The van der Waals surface area contributed by atoms with Crippen molar-refractivity contribution in [3.05, 3.63) is 59.8 Å². The van der Waals surface area contributed by atoms with E-state index in [1.165, 1.54) is 19.1 Å². The maximum absolute atomic E-state index is 14.3. The first-order valence-electron chi connectivity index (χ1n) is 23.6. The molecular formula is C51H77NO13. The number of esters is 1. The molecule has 364 valence electrons. The molecule has 0 spiro atoms. The Morgan fingerprint density at radius 3 is 2.25 bits per heavy atom. The van der Waals surface area contributed by atoms with Crippen molar-refractivity contribution in [1.82, 2.24) is 4.90 Å². The lowest BCUT2D eigenvalue weighted by atomic mass is 9.82. The van der Waals surface area contributed by atoms with Crippen LogP contribution >= 0.6 is 0 Å². The van der Waals surface area contributed by atoms with E-state index in [0.29, 0.717) is 56.9 Å². The molecule has 2 fully saturated rings. The molecule has 4 rings (SSSR count). The molecule has 3 heterocycles. The van der Waals surface area contributed by atoms with Crippen molar-refractivity contribution in [1.29, 1.82) is 0 Å². The van der Waals surface area contributed by atoms with Gasteiger partial charge in [-0.3, -0.25) is 19.2 Å². The van der Waals surface area contributed by atoms with Crippen LogP contribution in [0.3, 0.4) is 0 Å². The fourth-order valence-electron chi connectivity index (χ4n) is 9.73. The topological polar surface area (TPSA) is 195 Å². The standard InChI is InChI=1S/C51H77NO13/c1-30-16-12-11-13-17-31(2)42(61-8)28-38-21-19-36(7)51(60,65-38)48(57)49(58)52-23-15-14-18-39(52)50(59)64-43(33(4)26-37-20-22-40(53)44(27-37)62-9)29-41(54)32(3)25-35(6)46(56)47(63-10)45(55)34(5)24-30/h11-13,16-17,20,22,25,30,32-34,36-40,42-44,46-47,53,56,60H,14-15,18-19,21,23-24,26-29H2,1-10H3/b13-11+,16-12+,31-17+,35-25+/t30-,32-,33-,34-,36-,37+,38+,39+,40-,42+,43+,44-,46-,47+,51-/m1/s1. The van der Waals surface area contributed by atoms with Gasteiger partial charge in [0.1, 0.15) is 30.1 Å². The van der Waals surface area contributed by atoms with Crippen LogP contribution in [0.4, 0.5) is 0 Å². The van der Waals surface area contributed by atoms with Crippen molar-refractivity contribution in [3.8, 4) is 0 Å². The van der Waals surface area contributed by atoms with Crippen LogP contribution in [0.1, 0.15) is 113 Å². The van der Waals surface area contributed by atoms with Crippen LogP contribution in [0.25, 0.3) is 0 Å². The van der Waals surface area contributed by atoms with Gasteiger partial charge in [-0.25, -0.2) is 4.79 Å². The number of carbonyl (C=O) groups is 5. The van der Waals surface area contributed by atoms with Crippen LogP contribution in [-0.2, 0) is 47.7 Å². The number of piperidine rings is 1. The van der Waals surface area contributed by atoms with Crippen LogP contribution in [0.15, 0.2) is 59.8 Å². The molecule has 65 heavy (non-hydrogen) atoms. The molecule has 2 saturated heterocycles. The Balaban J connectivity index is 1.71. The maximum Gasteiger partial charge on any atom is 0.329 e. The number of nitrogens with zero attached hydrogens (tertiary/aromatic N) is 1. The first-order valence-corrected chi connectivity index (χ1v) is 23.6. The predicted octanol–water partition coefficient (Wildman–Crippen LogP) is 5.96. The molecule has 0 aromatic heterocycles. The van der Waals surface area contributed by atoms with Crippen molar-refractivity contribution in [2.45, 2.75) is 167 Å². The first-order chi connectivity index (χ1) is 30.7. The molecular weight excluding hydrogens is 835 g/mol. The highest BCUT2D eigenvalue weighted by molar-refractivity contribution is 6.39. The van der Waals surface area contributed by atoms with Gasteiger partial charge < -0.3 is 43.9 Å². The minimum atomic E-state index is -2.43. The molecule has 14 heteroatoms. The van der Waals surface area contributed by atoms with Crippen LogP contribution in [0.5, 0.6) is 0 Å². The number of hydrogen-bond donors (Lipinski definition) is 3. The Kier molecular flexibility index (Phi) is 20.7. The van der Waals surface area contributed by atoms with Gasteiger partial charge in [-0.05, 0) is 94.1 Å². The summed E-state index contributed by atoms with van der Waals surface area (Å²) in [4.78, 5) is 71.7. The Labute approximate surface area is 386 Å². The van der Waals surface area contributed by atoms with Gasteiger partial charge in [-0.2, -0.15) is 0 Å². The highest BCUT2D eigenvalue weighted by Crippen LogP contribution is 2.37. The summed E-state index contributed by atoms with van der Waals surface area (Å²) < 4.78 is 29.3. The summed E-state index contributed by atoms with van der Waals surface area (Å²) in [6.45, 7) is 12.7. The largest absolute Gasteiger partial charge is 0.460 e. The number of aliphatic hydroxyl groups is 3. The molecule has 0 aromatic rings. The van der Waals surface area contributed by atoms with E-state index in [4.69, 9.17) is 23.7 Å². The monoisotopic (exact) mass is 912 g/mol. The smallest absolute Gasteiger partial charge is 0.329 e. The fourth-order valence-corrected chi connectivity index (χ4v) is 9.73. The molecule has 0 aromatic carbocycles. The van der Waals surface area contributed by atoms with Gasteiger partial charge in [-0.1, -0.05) is 83.2 Å². The molecule has 14 nitrogen and oxygen atoms in total. The summed E-state index contributed by atoms with van der Waals surface area (Å²) in [5.74, 6) is -8.28. The summed E-state index contributed by atoms with van der Waals surface area (Å²) >= 11 is 0. The molecule has 0 saturated carbocycles. The zero-order valence-electron chi connectivity index (χ0n) is 40.4. The number of Topliss-reactive ketones (excluding diaryl/α,β-unsaturated/α-hetero) is 3. The normalized spacial score (nSPS) is 40.2. The molecule has 0 radical (unpaired) electrons. The third kappa shape index (κ3) is 14.2. The summed E-state index contributed by atoms with van der Waals surface area (Å²) in [7, 11) is 4.48. The molecule has 0 unspecified atom stereocenters. The van der Waals surface area contributed by atoms with E-state index in [1.807, 2.05) is 64.2 Å². The van der Waals surface area contributed by atoms with E-state index < -0.39 is 90.0 Å². The first kappa shape index (κ1) is 54.0. The number of cyclic esters (lactones) is 1. The Hall–Kier alpha value is -3.63. The van der Waals surface area contributed by atoms with E-state index in [0.717, 1.165) is 5.57 Å². The third-order valence-corrected chi connectivity index (χ3v) is 14.1. The van der Waals surface area contributed by atoms with Gasteiger partial charge in [0.2, 0.25) is 5.79 Å². The number of rotatable bonds is 6. The Bertz CT molecular complexity index is 1800. The number of methoxy groups -OCH3 is 3. The van der Waals surface area contributed by atoms with Crippen LogP contribution in [0, 0.1) is 35.5 Å². The number of ketones is 3. The number of ether oxygens (including phenoxy) is 5. The van der Waals surface area contributed by atoms with Gasteiger partial charge in [0, 0.05) is 58.5 Å². The molecule has 1 amide bonds. The molecule has 15 atom stereocenters. The van der Waals surface area contributed by atoms with Crippen molar-refractivity contribution in [2.75, 3.05) is 27.9 Å². The highest BCUT2D eigenvalue weighted by atomic mass is 16.6. The number of fused-ring (bicyclic) bond motifs is 3. The van der Waals surface area contributed by atoms with Crippen molar-refractivity contribution < 1.29 is 63.0 Å². The number of hydrogen-bond acceptors (Lipinski definition) is 13. The molecule has 3 N–H and O–H groups in total. The van der Waals surface area contributed by atoms with Crippen LogP contribution in [-0.4, -0.2) is 132 Å². The van der Waals surface area contributed by atoms with E-state index in [2.05, 4.69) is 0 Å². The van der Waals surface area contributed by atoms with Crippen molar-refractivity contribution >= 4 is 29.2 Å². The molecule has 1 aliphatic carbocycles. The van der Waals surface area contributed by atoms with E-state index in [-0.39, 0.29) is 48.7 Å². The number of carbonyl (C=O) groups excluding carboxylic acids is 5. The third-order valence-electron chi connectivity index (χ3n) is 14.1. The zero-order chi connectivity index (χ0) is 48.2. The second-order valence-corrected chi connectivity index (χ2v) is 19.2. The van der Waals surface area contributed by atoms with Gasteiger partial charge in [0.25, 0.3) is 11.7 Å². The summed E-state index contributed by atoms with van der Waals surface area (Å²) in [6, 6.07) is -1.15. The number of aliphatic hydroxyl groups excluding tert-OH is 2. The Morgan fingerprint density at radius 2 is 1.57 bits per heavy atom. The lowest BCUT2D eigenvalue weighted by molar-refractivity contribution is -0.265. The molecule has 4 aliphatic rings. The zero-order valence-corrected chi connectivity index (χ0v) is 40.4. The second-order valence-electron chi connectivity index (χ2n) is 19.2. The molecule has 2 bridgehead atoms.